The van der Waals surface area contributed by atoms with Crippen LogP contribution in [-0.4, -0.2) is 47.1 Å². The van der Waals surface area contributed by atoms with Gasteiger partial charge in [-0.15, -0.1) is 0 Å². The molecule has 3 aliphatic rings. The van der Waals surface area contributed by atoms with Crippen LogP contribution in [0.5, 0.6) is 0 Å². The number of carbonyl (C=O) groups excluding carboxylic acids is 2. The van der Waals surface area contributed by atoms with Gasteiger partial charge in [-0.1, -0.05) is 13.5 Å². The molecule has 0 radical (unpaired) electrons. The molecule has 2 fully saturated rings. The number of aliphatic hydroxyl groups is 2. The van der Waals surface area contributed by atoms with Gasteiger partial charge in [0.1, 0.15) is 12.2 Å². The number of hydrogen-bond donors (Lipinski definition) is 2. The molecule has 126 valence electrons. The van der Waals surface area contributed by atoms with Crippen LogP contribution in [0.4, 0.5) is 0 Å². The second kappa shape index (κ2) is 5.46. The Labute approximate surface area is 134 Å². The van der Waals surface area contributed by atoms with Gasteiger partial charge in [-0.25, -0.2) is 4.79 Å². The van der Waals surface area contributed by atoms with Crippen molar-refractivity contribution in [3.63, 3.8) is 0 Å². The van der Waals surface area contributed by atoms with E-state index in [4.69, 9.17) is 9.47 Å². The fraction of sp³-hybridized carbons (Fsp3) is 0.647. The minimum atomic E-state index is -0.680. The quantitative estimate of drug-likeness (QED) is 0.579. The molecule has 2 N–H and O–H groups in total. The van der Waals surface area contributed by atoms with E-state index >= 15 is 0 Å². The molecule has 0 amide bonds. The highest BCUT2D eigenvalue weighted by molar-refractivity contribution is 5.92. The average Bonchev–Trinajstić information content (AvgIpc) is 2.79. The second-order valence-corrected chi connectivity index (χ2v) is 6.90. The summed E-state index contributed by atoms with van der Waals surface area (Å²) in [5.74, 6) is -1.26. The summed E-state index contributed by atoms with van der Waals surface area (Å²) in [5.41, 5.74) is 1.28. The molecular weight excluding hydrogens is 300 g/mol. The highest BCUT2D eigenvalue weighted by Crippen LogP contribution is 2.56. The summed E-state index contributed by atoms with van der Waals surface area (Å²) in [6.07, 6.45) is -0.238. The molecule has 2 aliphatic carbocycles. The topological polar surface area (TPSA) is 93.1 Å². The monoisotopic (exact) mass is 322 g/mol. The fourth-order valence-corrected chi connectivity index (χ4v) is 4.33. The Morgan fingerprint density at radius 2 is 2.22 bits per heavy atom. The van der Waals surface area contributed by atoms with Gasteiger partial charge in [-0.2, -0.15) is 0 Å². The number of hydrogen-bond acceptors (Lipinski definition) is 6. The van der Waals surface area contributed by atoms with Gasteiger partial charge in [-0.05, 0) is 24.0 Å². The van der Waals surface area contributed by atoms with Crippen LogP contribution in [0.2, 0.25) is 0 Å². The predicted molar refractivity (Wildman–Crippen MR) is 80.1 cm³/mol. The lowest BCUT2D eigenvalue weighted by atomic mass is 9.55. The zero-order valence-electron chi connectivity index (χ0n) is 13.4. The summed E-state index contributed by atoms with van der Waals surface area (Å²) in [7, 11) is 0. The molecule has 5 atom stereocenters. The predicted octanol–water partition coefficient (Wildman–Crippen LogP) is 0.869. The number of rotatable bonds is 2. The molecule has 0 saturated heterocycles. The van der Waals surface area contributed by atoms with E-state index in [1.807, 2.05) is 6.92 Å². The maximum absolute atomic E-state index is 12.0. The van der Waals surface area contributed by atoms with Crippen molar-refractivity contribution in [3.05, 3.63) is 23.3 Å². The largest absolute Gasteiger partial charge is 0.458 e. The standard InChI is InChI=1S/C17H22O6/c1-8-12(22-9(2)19)6-13(20)17(3)5-4-10-11(7-18)16(21)23-15(10)14(8)17/h12-15,18,20H,1,4-7H2,2-3H3/t12-,13+,14+,15-,17-/m0/s1. The first-order valence-electron chi connectivity index (χ1n) is 7.87. The summed E-state index contributed by atoms with van der Waals surface area (Å²) in [6, 6.07) is 0. The highest BCUT2D eigenvalue weighted by atomic mass is 16.6. The van der Waals surface area contributed by atoms with Gasteiger partial charge in [-0.3, -0.25) is 4.79 Å². The van der Waals surface area contributed by atoms with Crippen molar-refractivity contribution < 1.29 is 29.3 Å². The molecule has 0 bridgehead atoms. The van der Waals surface area contributed by atoms with Crippen molar-refractivity contribution >= 4 is 11.9 Å². The zero-order chi connectivity index (χ0) is 16.9. The molecule has 0 aromatic carbocycles. The van der Waals surface area contributed by atoms with E-state index in [2.05, 4.69) is 6.58 Å². The first-order valence-corrected chi connectivity index (χ1v) is 7.87. The molecule has 0 aromatic heterocycles. The molecule has 3 rings (SSSR count). The lowest BCUT2D eigenvalue weighted by Crippen LogP contribution is -2.55. The number of ether oxygens (including phenoxy) is 2. The maximum Gasteiger partial charge on any atom is 0.337 e. The Kier molecular flexibility index (Phi) is 3.84. The Bertz CT molecular complexity index is 606. The van der Waals surface area contributed by atoms with Crippen molar-refractivity contribution in [2.45, 2.75) is 51.4 Å². The summed E-state index contributed by atoms with van der Waals surface area (Å²) < 4.78 is 10.8. The van der Waals surface area contributed by atoms with Gasteiger partial charge in [0.2, 0.25) is 0 Å². The van der Waals surface area contributed by atoms with Crippen molar-refractivity contribution in [1.82, 2.24) is 0 Å². The fourth-order valence-electron chi connectivity index (χ4n) is 4.33. The van der Waals surface area contributed by atoms with Crippen LogP contribution in [0.1, 0.15) is 33.1 Å². The molecule has 6 nitrogen and oxygen atoms in total. The van der Waals surface area contributed by atoms with Crippen molar-refractivity contribution in [2.24, 2.45) is 11.3 Å². The highest BCUT2D eigenvalue weighted by Gasteiger charge is 2.58. The average molecular weight is 322 g/mol. The normalized spacial score (nSPS) is 39.7. The Morgan fingerprint density at radius 3 is 2.83 bits per heavy atom. The number of fused-ring (bicyclic) bond motifs is 3. The third kappa shape index (κ3) is 2.32. The van der Waals surface area contributed by atoms with Crippen molar-refractivity contribution in [1.29, 1.82) is 0 Å². The molecule has 0 aromatic rings. The van der Waals surface area contributed by atoms with Crippen LogP contribution in [0.25, 0.3) is 0 Å². The molecule has 1 aliphatic heterocycles. The third-order valence-corrected chi connectivity index (χ3v) is 5.64. The van der Waals surface area contributed by atoms with E-state index in [1.54, 1.807) is 0 Å². The lowest BCUT2D eigenvalue weighted by molar-refractivity contribution is -0.161. The van der Waals surface area contributed by atoms with Crippen LogP contribution in [0, 0.1) is 11.3 Å². The van der Waals surface area contributed by atoms with Crippen LogP contribution < -0.4 is 0 Å². The molecule has 0 spiro atoms. The van der Waals surface area contributed by atoms with E-state index in [1.165, 1.54) is 6.92 Å². The van der Waals surface area contributed by atoms with Crippen LogP contribution in [-0.2, 0) is 19.1 Å². The van der Waals surface area contributed by atoms with E-state index in [9.17, 15) is 19.8 Å². The number of esters is 2. The van der Waals surface area contributed by atoms with Gasteiger partial charge < -0.3 is 19.7 Å². The van der Waals surface area contributed by atoms with Crippen molar-refractivity contribution in [2.75, 3.05) is 6.61 Å². The van der Waals surface area contributed by atoms with Gasteiger partial charge >= 0.3 is 11.9 Å². The number of carbonyl (C=O) groups is 2. The van der Waals surface area contributed by atoms with E-state index in [0.717, 1.165) is 5.57 Å². The first-order chi connectivity index (χ1) is 10.8. The summed E-state index contributed by atoms with van der Waals surface area (Å²) in [4.78, 5) is 23.3. The van der Waals surface area contributed by atoms with E-state index < -0.39 is 35.7 Å². The van der Waals surface area contributed by atoms with E-state index in [-0.39, 0.29) is 12.5 Å². The summed E-state index contributed by atoms with van der Waals surface area (Å²) >= 11 is 0. The van der Waals surface area contributed by atoms with Gasteiger partial charge in [0.05, 0.1) is 18.3 Å². The van der Waals surface area contributed by atoms with Gasteiger partial charge in [0.15, 0.2) is 0 Å². The smallest absolute Gasteiger partial charge is 0.337 e. The second-order valence-electron chi connectivity index (χ2n) is 6.90. The molecule has 2 saturated carbocycles. The summed E-state index contributed by atoms with van der Waals surface area (Å²) in [5, 5.41) is 20.1. The SMILES string of the molecule is C=C1[C@@H](OC(C)=O)C[C@@H](O)[C@]2(C)CCC3=C(CO)C(=O)O[C@@H]3[C@@H]12. The van der Waals surface area contributed by atoms with Crippen LogP contribution in [0.15, 0.2) is 23.3 Å². The Morgan fingerprint density at radius 1 is 1.52 bits per heavy atom. The maximum atomic E-state index is 12.0. The Hall–Kier alpha value is -1.66. The van der Waals surface area contributed by atoms with Crippen LogP contribution >= 0.6 is 0 Å². The molecule has 6 heteroatoms. The molecular formula is C17H22O6. The minimum absolute atomic E-state index is 0.304. The molecule has 1 heterocycles. The molecule has 23 heavy (non-hydrogen) atoms. The van der Waals surface area contributed by atoms with Gasteiger partial charge in [0, 0.05) is 24.7 Å². The minimum Gasteiger partial charge on any atom is -0.458 e. The lowest BCUT2D eigenvalue weighted by Gasteiger charge is -2.53. The molecule has 0 unspecified atom stereocenters. The zero-order valence-corrected chi connectivity index (χ0v) is 13.4. The van der Waals surface area contributed by atoms with Gasteiger partial charge in [0.25, 0.3) is 0 Å². The van der Waals surface area contributed by atoms with Crippen molar-refractivity contribution in [3.8, 4) is 0 Å². The van der Waals surface area contributed by atoms with E-state index in [0.29, 0.717) is 30.4 Å². The Balaban J connectivity index is 1.99. The number of aliphatic hydroxyl groups excluding tert-OH is 2. The van der Waals surface area contributed by atoms with Crippen LogP contribution in [0.3, 0.4) is 0 Å². The third-order valence-electron chi connectivity index (χ3n) is 5.64. The first kappa shape index (κ1) is 16.2. The summed E-state index contributed by atoms with van der Waals surface area (Å²) in [6.45, 7) is 7.01.